The molecule has 0 bridgehead atoms. The molecule has 2 nitrogen and oxygen atoms in total. The highest BCUT2D eigenvalue weighted by molar-refractivity contribution is 5.94. The first-order valence-corrected chi connectivity index (χ1v) is 8.55. The average molecular weight is 323 g/mol. The Kier molecular flexibility index (Phi) is 5.17. The van der Waals surface area contributed by atoms with E-state index in [1.807, 2.05) is 42.5 Å². The molecule has 2 heteroatoms. The lowest BCUT2D eigenvalue weighted by Crippen LogP contribution is -2.25. The zero-order valence-electron chi connectivity index (χ0n) is 15.7. The number of rotatable bonds is 3. The van der Waals surface area contributed by atoms with Gasteiger partial charge in [-0.25, -0.2) is 0 Å². The van der Waals surface area contributed by atoms with E-state index in [-0.39, 0.29) is 16.7 Å². The van der Waals surface area contributed by atoms with Crippen molar-refractivity contribution in [2.45, 2.75) is 58.9 Å². The molecule has 0 heterocycles. The van der Waals surface area contributed by atoms with Crippen molar-refractivity contribution in [2.24, 2.45) is 0 Å². The molecule has 1 N–H and O–H groups in total. The van der Waals surface area contributed by atoms with Crippen LogP contribution in [-0.4, -0.2) is 5.91 Å². The van der Waals surface area contributed by atoms with Crippen LogP contribution < -0.4 is 5.32 Å². The summed E-state index contributed by atoms with van der Waals surface area (Å²) in [5.41, 5.74) is 4.25. The maximum absolute atomic E-state index is 12.7. The van der Waals surface area contributed by atoms with Crippen molar-refractivity contribution in [1.29, 1.82) is 0 Å². The largest absolute Gasteiger partial charge is 0.348 e. The zero-order chi connectivity index (χ0) is 18.0. The Balaban J connectivity index is 2.29. The molecule has 0 aromatic heterocycles. The molecule has 0 aliphatic heterocycles. The summed E-state index contributed by atoms with van der Waals surface area (Å²) in [6, 6.07) is 16.3. The summed E-state index contributed by atoms with van der Waals surface area (Å²) in [5, 5.41) is 3.03. The topological polar surface area (TPSA) is 29.1 Å². The van der Waals surface area contributed by atoms with Crippen molar-refractivity contribution < 1.29 is 4.79 Å². The van der Waals surface area contributed by atoms with Gasteiger partial charge in [-0.15, -0.1) is 0 Å². The molecule has 0 aliphatic carbocycles. The van der Waals surface area contributed by atoms with Crippen LogP contribution >= 0.6 is 0 Å². The quantitative estimate of drug-likeness (QED) is 0.825. The van der Waals surface area contributed by atoms with Crippen molar-refractivity contribution >= 4 is 5.91 Å². The van der Waals surface area contributed by atoms with E-state index in [0.717, 1.165) is 11.1 Å². The minimum Gasteiger partial charge on any atom is -0.348 e. The Morgan fingerprint density at radius 2 is 1.33 bits per heavy atom. The van der Waals surface area contributed by atoms with Gasteiger partial charge < -0.3 is 5.32 Å². The summed E-state index contributed by atoms with van der Waals surface area (Å²) in [6.45, 7) is 13.6. The van der Waals surface area contributed by atoms with Gasteiger partial charge in [0.2, 0.25) is 0 Å². The van der Waals surface area contributed by atoms with Crippen LogP contribution in [0.15, 0.2) is 48.5 Å². The van der Waals surface area contributed by atoms with Gasteiger partial charge >= 0.3 is 0 Å². The number of carbonyl (C=O) groups is 1. The molecule has 0 spiro atoms. The maximum atomic E-state index is 12.7. The number of nitrogens with one attached hydrogen (secondary N) is 1. The fourth-order valence-corrected chi connectivity index (χ4v) is 2.50. The molecule has 0 atom stereocenters. The lowest BCUT2D eigenvalue weighted by atomic mass is 9.79. The van der Waals surface area contributed by atoms with Gasteiger partial charge in [0.05, 0.1) is 0 Å². The number of hydrogen-bond acceptors (Lipinski definition) is 1. The molecule has 2 aromatic carbocycles. The molecule has 0 radical (unpaired) electrons. The molecular formula is C22H29NO. The molecule has 24 heavy (non-hydrogen) atoms. The van der Waals surface area contributed by atoms with Gasteiger partial charge in [0.25, 0.3) is 5.91 Å². The molecule has 0 saturated carbocycles. The minimum absolute atomic E-state index is 0.00964. The normalized spacial score (nSPS) is 12.1. The molecule has 2 aromatic rings. The first-order chi connectivity index (χ1) is 11.1. The first-order valence-electron chi connectivity index (χ1n) is 8.55. The highest BCUT2D eigenvalue weighted by Gasteiger charge is 2.22. The van der Waals surface area contributed by atoms with Gasteiger partial charge in [-0.3, -0.25) is 4.79 Å². The Labute approximate surface area is 146 Å². The standard InChI is InChI=1S/C22H29NO/c1-21(2,3)18-12-17(13-19(14-18)22(4,5)6)20(24)23-15-16-10-8-7-9-11-16/h7-14H,15H2,1-6H3,(H,23,24). The second-order valence-corrected chi connectivity index (χ2v) is 8.47. The first kappa shape index (κ1) is 18.3. The van der Waals surface area contributed by atoms with Crippen molar-refractivity contribution in [2.75, 3.05) is 0 Å². The van der Waals surface area contributed by atoms with Crippen LogP contribution in [0.25, 0.3) is 0 Å². The predicted octanol–water partition coefficient (Wildman–Crippen LogP) is 5.21. The van der Waals surface area contributed by atoms with E-state index in [1.54, 1.807) is 0 Å². The minimum atomic E-state index is -0.0181. The van der Waals surface area contributed by atoms with E-state index in [2.05, 4.69) is 52.9 Å². The summed E-state index contributed by atoms with van der Waals surface area (Å²) < 4.78 is 0. The maximum Gasteiger partial charge on any atom is 0.251 e. The highest BCUT2D eigenvalue weighted by atomic mass is 16.1. The van der Waals surface area contributed by atoms with Gasteiger partial charge in [0.1, 0.15) is 0 Å². The molecule has 0 saturated heterocycles. The summed E-state index contributed by atoms with van der Waals surface area (Å²) >= 11 is 0. The van der Waals surface area contributed by atoms with Crippen LogP contribution in [-0.2, 0) is 17.4 Å². The predicted molar refractivity (Wildman–Crippen MR) is 101 cm³/mol. The van der Waals surface area contributed by atoms with Crippen LogP contribution in [0.5, 0.6) is 0 Å². The highest BCUT2D eigenvalue weighted by Crippen LogP contribution is 2.30. The van der Waals surface area contributed by atoms with E-state index in [9.17, 15) is 4.79 Å². The second kappa shape index (κ2) is 6.80. The number of carbonyl (C=O) groups excluding carboxylic acids is 1. The monoisotopic (exact) mass is 323 g/mol. The van der Waals surface area contributed by atoms with Gasteiger partial charge in [-0.05, 0) is 39.7 Å². The van der Waals surface area contributed by atoms with Gasteiger partial charge in [-0.2, -0.15) is 0 Å². The lowest BCUT2D eigenvalue weighted by Gasteiger charge is -2.26. The Morgan fingerprint density at radius 1 is 0.833 bits per heavy atom. The number of hydrogen-bond donors (Lipinski definition) is 1. The zero-order valence-corrected chi connectivity index (χ0v) is 15.7. The Morgan fingerprint density at radius 3 is 1.79 bits per heavy atom. The van der Waals surface area contributed by atoms with E-state index < -0.39 is 0 Å². The van der Waals surface area contributed by atoms with Crippen molar-refractivity contribution in [1.82, 2.24) is 5.32 Å². The van der Waals surface area contributed by atoms with Gasteiger partial charge in [0, 0.05) is 12.1 Å². The fraction of sp³-hybridized carbons (Fsp3) is 0.409. The summed E-state index contributed by atoms with van der Waals surface area (Å²) in [6.07, 6.45) is 0. The molecule has 0 fully saturated rings. The molecule has 0 aliphatic rings. The fourth-order valence-electron chi connectivity index (χ4n) is 2.50. The van der Waals surface area contributed by atoms with Gasteiger partial charge in [0.15, 0.2) is 0 Å². The third-order valence-electron chi connectivity index (χ3n) is 4.22. The molecule has 1 amide bonds. The number of benzene rings is 2. The van der Waals surface area contributed by atoms with Crippen LogP contribution in [0.2, 0.25) is 0 Å². The Bertz CT molecular complexity index is 671. The van der Waals surface area contributed by atoms with Crippen molar-refractivity contribution in [3.63, 3.8) is 0 Å². The summed E-state index contributed by atoms with van der Waals surface area (Å²) in [4.78, 5) is 12.7. The smallest absolute Gasteiger partial charge is 0.251 e. The van der Waals surface area contributed by atoms with Crippen LogP contribution in [0.4, 0.5) is 0 Å². The van der Waals surface area contributed by atoms with E-state index in [1.165, 1.54) is 11.1 Å². The van der Waals surface area contributed by atoms with E-state index >= 15 is 0 Å². The van der Waals surface area contributed by atoms with Crippen LogP contribution in [0.3, 0.4) is 0 Å². The molecule has 128 valence electrons. The van der Waals surface area contributed by atoms with Gasteiger partial charge in [-0.1, -0.05) is 77.9 Å². The van der Waals surface area contributed by atoms with Crippen LogP contribution in [0.1, 0.15) is 68.6 Å². The van der Waals surface area contributed by atoms with Crippen molar-refractivity contribution in [3.8, 4) is 0 Å². The van der Waals surface area contributed by atoms with Crippen LogP contribution in [0, 0.1) is 0 Å². The average Bonchev–Trinajstić information content (AvgIpc) is 2.51. The third kappa shape index (κ3) is 4.70. The molecule has 0 unspecified atom stereocenters. The third-order valence-corrected chi connectivity index (χ3v) is 4.22. The Hall–Kier alpha value is -2.09. The molecular weight excluding hydrogens is 294 g/mol. The number of amides is 1. The van der Waals surface area contributed by atoms with Crippen molar-refractivity contribution in [3.05, 3.63) is 70.8 Å². The lowest BCUT2D eigenvalue weighted by molar-refractivity contribution is 0.0950. The molecule has 2 rings (SSSR count). The second-order valence-electron chi connectivity index (χ2n) is 8.47. The SMILES string of the molecule is CC(C)(C)c1cc(C(=O)NCc2ccccc2)cc(C(C)(C)C)c1. The van der Waals surface area contributed by atoms with E-state index in [0.29, 0.717) is 6.54 Å². The van der Waals surface area contributed by atoms with E-state index in [4.69, 9.17) is 0 Å². The summed E-state index contributed by atoms with van der Waals surface area (Å²) in [5.74, 6) is -0.0181. The summed E-state index contributed by atoms with van der Waals surface area (Å²) in [7, 11) is 0.